The zero-order valence-electron chi connectivity index (χ0n) is 20.0. The predicted octanol–water partition coefficient (Wildman–Crippen LogP) is 4.21. The molecule has 8 heteroatoms. The Bertz CT molecular complexity index is 1010. The molecule has 8 nitrogen and oxygen atoms in total. The van der Waals surface area contributed by atoms with Gasteiger partial charge in [0.15, 0.2) is 0 Å². The van der Waals surface area contributed by atoms with Gasteiger partial charge in [-0.25, -0.2) is 9.78 Å². The van der Waals surface area contributed by atoms with Gasteiger partial charge in [0.1, 0.15) is 5.82 Å². The molecule has 1 saturated heterocycles. The van der Waals surface area contributed by atoms with Crippen molar-refractivity contribution in [3.63, 3.8) is 0 Å². The third-order valence-corrected chi connectivity index (χ3v) is 8.04. The lowest BCUT2D eigenvalue weighted by Crippen LogP contribution is -2.53. The van der Waals surface area contributed by atoms with Crippen molar-refractivity contribution >= 4 is 17.6 Å². The Kier molecular flexibility index (Phi) is 6.48. The maximum Gasteiger partial charge on any atom is 0.315 e. The molecule has 34 heavy (non-hydrogen) atoms. The number of rotatable bonds is 6. The molecule has 2 fully saturated rings. The molecule has 2 aromatic rings. The first-order valence-corrected chi connectivity index (χ1v) is 12.8. The van der Waals surface area contributed by atoms with Crippen LogP contribution in [-0.2, 0) is 4.79 Å². The average molecular weight is 465 g/mol. The number of amides is 3. The molecule has 0 spiro atoms. The van der Waals surface area contributed by atoms with Gasteiger partial charge in [-0.05, 0) is 37.3 Å². The molecule has 3 aliphatic rings. The number of nitrogens with one attached hydrogen (secondary N) is 2. The maximum atomic E-state index is 14.2. The van der Waals surface area contributed by atoms with Gasteiger partial charge in [0.25, 0.3) is 0 Å². The number of aromatic nitrogens is 2. The Balaban J connectivity index is 1.45. The first-order chi connectivity index (χ1) is 16.6. The molecule has 3 heterocycles. The number of benzene rings is 1. The number of unbranched alkanes of at least 4 members (excludes halogenated alkanes) is 1. The predicted molar refractivity (Wildman–Crippen MR) is 131 cm³/mol. The first kappa shape index (κ1) is 22.7. The number of likely N-dealkylation sites (tertiary alicyclic amines) is 1. The van der Waals surface area contributed by atoms with E-state index in [4.69, 9.17) is 5.73 Å². The number of imidazole rings is 1. The van der Waals surface area contributed by atoms with E-state index in [-0.39, 0.29) is 35.9 Å². The van der Waals surface area contributed by atoms with Gasteiger partial charge in [0.05, 0.1) is 18.0 Å². The molecule has 5 rings (SSSR count). The fourth-order valence-electron chi connectivity index (χ4n) is 6.44. The second-order valence-electron chi connectivity index (χ2n) is 9.96. The molecule has 5 atom stereocenters. The molecular weight excluding hydrogens is 428 g/mol. The summed E-state index contributed by atoms with van der Waals surface area (Å²) in [6, 6.07) is 7.83. The summed E-state index contributed by atoms with van der Waals surface area (Å²) in [7, 11) is 0. The zero-order chi connectivity index (χ0) is 23.7. The zero-order valence-corrected chi connectivity index (χ0v) is 20.0. The Labute approximate surface area is 201 Å². The van der Waals surface area contributed by atoms with Crippen LogP contribution < -0.4 is 11.1 Å². The van der Waals surface area contributed by atoms with Crippen molar-refractivity contribution in [1.29, 1.82) is 0 Å². The quantitative estimate of drug-likeness (QED) is 0.595. The molecule has 182 valence electrons. The number of anilines is 1. The third-order valence-electron chi connectivity index (χ3n) is 8.04. The van der Waals surface area contributed by atoms with Crippen molar-refractivity contribution in [3.05, 3.63) is 48.0 Å². The third kappa shape index (κ3) is 4.03. The van der Waals surface area contributed by atoms with Crippen molar-refractivity contribution in [2.75, 3.05) is 18.4 Å². The number of carbonyl (C=O) groups is 2. The van der Waals surface area contributed by atoms with E-state index in [9.17, 15) is 9.59 Å². The van der Waals surface area contributed by atoms with E-state index in [1.807, 2.05) is 12.3 Å². The Morgan fingerprint density at radius 3 is 2.79 bits per heavy atom. The Morgan fingerprint density at radius 2 is 2.03 bits per heavy atom. The highest BCUT2D eigenvalue weighted by Crippen LogP contribution is 2.51. The highest BCUT2D eigenvalue weighted by Gasteiger charge is 2.49. The normalized spacial score (nSPS) is 28.0. The number of nitrogens with two attached hydrogens (primary N) is 1. The van der Waals surface area contributed by atoms with Gasteiger partial charge in [0.2, 0.25) is 5.91 Å². The highest BCUT2D eigenvalue weighted by molar-refractivity contribution is 5.82. The van der Waals surface area contributed by atoms with Gasteiger partial charge in [0, 0.05) is 43.1 Å². The van der Waals surface area contributed by atoms with Gasteiger partial charge in [-0.2, -0.15) is 0 Å². The molecule has 1 aromatic carbocycles. The monoisotopic (exact) mass is 464 g/mol. The van der Waals surface area contributed by atoms with E-state index in [2.05, 4.69) is 45.3 Å². The molecule has 1 aliphatic carbocycles. The van der Waals surface area contributed by atoms with Crippen LogP contribution in [-0.4, -0.2) is 50.8 Å². The number of fused-ring (bicyclic) bond motifs is 3. The molecule has 3 amide bonds. The van der Waals surface area contributed by atoms with Crippen molar-refractivity contribution in [2.45, 2.75) is 70.0 Å². The summed E-state index contributed by atoms with van der Waals surface area (Å²) < 4.78 is 0. The maximum absolute atomic E-state index is 14.2. The number of nitrogens with zero attached hydrogens (tertiary/aromatic N) is 3. The topological polar surface area (TPSA) is 107 Å². The summed E-state index contributed by atoms with van der Waals surface area (Å²) in [6.07, 6.45) is 10.1. The van der Waals surface area contributed by atoms with E-state index < -0.39 is 6.03 Å². The first-order valence-electron chi connectivity index (χ1n) is 12.8. The van der Waals surface area contributed by atoms with Crippen LogP contribution in [0.2, 0.25) is 0 Å². The van der Waals surface area contributed by atoms with Crippen molar-refractivity contribution in [2.24, 2.45) is 17.6 Å². The molecule has 0 unspecified atom stereocenters. The van der Waals surface area contributed by atoms with Crippen LogP contribution in [0.4, 0.5) is 10.5 Å². The number of hydrogen-bond donors (Lipinski definition) is 3. The van der Waals surface area contributed by atoms with E-state index in [1.165, 1.54) is 5.56 Å². The van der Waals surface area contributed by atoms with Gasteiger partial charge >= 0.3 is 6.03 Å². The second-order valence-corrected chi connectivity index (χ2v) is 9.96. The van der Waals surface area contributed by atoms with Crippen LogP contribution in [0.3, 0.4) is 0 Å². The number of para-hydroxylation sites is 1. The van der Waals surface area contributed by atoms with Crippen LogP contribution in [0.15, 0.2) is 36.7 Å². The molecule has 0 bridgehead atoms. The minimum Gasteiger partial charge on any atom is -0.375 e. The van der Waals surface area contributed by atoms with Crippen LogP contribution in [0.25, 0.3) is 0 Å². The summed E-state index contributed by atoms with van der Waals surface area (Å²) in [5, 5.41) is 3.67. The second kappa shape index (κ2) is 9.68. The van der Waals surface area contributed by atoms with Gasteiger partial charge in [-0.3, -0.25) is 4.79 Å². The summed E-state index contributed by atoms with van der Waals surface area (Å²) in [5.74, 6) is 1.13. The molecule has 2 aliphatic heterocycles. The lowest BCUT2D eigenvalue weighted by molar-refractivity contribution is -0.140. The number of aromatic amines is 1. The number of hydrogen-bond acceptors (Lipinski definition) is 4. The molecule has 0 radical (unpaired) electrons. The van der Waals surface area contributed by atoms with Gasteiger partial charge in [-0.1, -0.05) is 44.4 Å². The van der Waals surface area contributed by atoms with Crippen LogP contribution >= 0.6 is 0 Å². The average Bonchev–Trinajstić information content (AvgIpc) is 3.54. The van der Waals surface area contributed by atoms with Crippen LogP contribution in [0, 0.1) is 11.8 Å². The molecule has 4 N–H and O–H groups in total. The van der Waals surface area contributed by atoms with E-state index in [0.29, 0.717) is 6.54 Å². The molecule has 1 aromatic heterocycles. The SMILES string of the molecule is CCCCN(C(N)=O)[C@@H]1CCCC[C@@H]1C(=O)N1CC[C@@H]2[C@H](c3ncc[nH]3)Nc3ccccc3[C@@H]21. The summed E-state index contributed by atoms with van der Waals surface area (Å²) in [5.41, 5.74) is 8.04. The number of primary amides is 1. The Hall–Kier alpha value is -3.03. The molecule has 1 saturated carbocycles. The fraction of sp³-hybridized carbons (Fsp3) is 0.577. The number of urea groups is 1. The van der Waals surface area contributed by atoms with Gasteiger partial charge in [-0.15, -0.1) is 0 Å². The molecular formula is C26H36N6O2. The van der Waals surface area contributed by atoms with Crippen molar-refractivity contribution in [1.82, 2.24) is 19.8 Å². The summed E-state index contributed by atoms with van der Waals surface area (Å²) in [6.45, 7) is 3.45. The van der Waals surface area contributed by atoms with Crippen molar-refractivity contribution < 1.29 is 9.59 Å². The standard InChI is InChI=1S/C26H36N6O2/c1-2-3-15-31(26(27)34)21-11-7-5-9-18(21)25(33)32-16-12-19-22(24-28-13-14-29-24)30-20-10-6-4-8-17(20)23(19)32/h4,6,8,10,13-14,18-19,21-23,30H,2-3,5,7,9,11-12,15-16H2,1H3,(H2,27,34)(H,28,29)/t18-,19+,21+,22+,23-/m0/s1. The largest absolute Gasteiger partial charge is 0.375 e. The minimum atomic E-state index is -0.400. The minimum absolute atomic E-state index is 0.000274. The summed E-state index contributed by atoms with van der Waals surface area (Å²) >= 11 is 0. The number of carbonyl (C=O) groups excluding carboxylic acids is 2. The van der Waals surface area contributed by atoms with Crippen molar-refractivity contribution in [3.8, 4) is 0 Å². The highest BCUT2D eigenvalue weighted by atomic mass is 16.2. The Morgan fingerprint density at radius 1 is 1.21 bits per heavy atom. The number of H-pyrrole nitrogens is 1. The van der Waals surface area contributed by atoms with Gasteiger partial charge < -0.3 is 25.8 Å². The lowest BCUT2D eigenvalue weighted by atomic mass is 9.80. The van der Waals surface area contributed by atoms with E-state index in [0.717, 1.165) is 63.0 Å². The van der Waals surface area contributed by atoms with E-state index >= 15 is 0 Å². The lowest BCUT2D eigenvalue weighted by Gasteiger charge is -2.43. The van der Waals surface area contributed by atoms with E-state index in [1.54, 1.807) is 11.1 Å². The smallest absolute Gasteiger partial charge is 0.315 e. The van der Waals surface area contributed by atoms with Crippen LogP contribution in [0.5, 0.6) is 0 Å². The van der Waals surface area contributed by atoms with Crippen LogP contribution in [0.1, 0.15) is 75.3 Å². The fourth-order valence-corrected chi connectivity index (χ4v) is 6.44. The summed E-state index contributed by atoms with van der Waals surface area (Å²) in [4.78, 5) is 38.2.